The predicted molar refractivity (Wildman–Crippen MR) is 181 cm³/mol. The Balaban J connectivity index is 0.953. The molecule has 0 spiro atoms. The van der Waals surface area contributed by atoms with E-state index in [9.17, 15) is 14.7 Å². The van der Waals surface area contributed by atoms with Gasteiger partial charge < -0.3 is 29.4 Å². The Morgan fingerprint density at radius 1 is 1.02 bits per heavy atom. The Hall–Kier alpha value is -2.34. The van der Waals surface area contributed by atoms with Gasteiger partial charge in [-0.1, -0.05) is 49.8 Å². The van der Waals surface area contributed by atoms with E-state index in [0.717, 1.165) is 56.1 Å². The second-order valence-electron chi connectivity index (χ2n) is 18.0. The normalized spacial score (nSPS) is 44.5. The maximum absolute atomic E-state index is 14.2. The number of epoxide rings is 1. The van der Waals surface area contributed by atoms with Crippen LogP contribution < -0.4 is 5.32 Å². The molecule has 5 saturated carbocycles. The summed E-state index contributed by atoms with van der Waals surface area (Å²) >= 11 is 0. The van der Waals surface area contributed by atoms with Crippen LogP contribution in [-0.2, 0) is 39.9 Å². The van der Waals surface area contributed by atoms with E-state index < -0.39 is 47.6 Å². The molecule has 2 bridgehead atoms. The number of aliphatic hydroxyl groups excluding tert-OH is 1. The highest BCUT2D eigenvalue weighted by Crippen LogP contribution is 2.64. The van der Waals surface area contributed by atoms with Crippen molar-refractivity contribution in [2.75, 3.05) is 13.2 Å². The van der Waals surface area contributed by atoms with Gasteiger partial charge in [0.1, 0.15) is 29.8 Å². The first-order valence-corrected chi connectivity index (χ1v) is 19.4. The van der Waals surface area contributed by atoms with E-state index in [1.54, 1.807) is 5.06 Å². The van der Waals surface area contributed by atoms with Crippen LogP contribution in [0, 0.1) is 34.5 Å². The number of benzene rings is 1. The molecule has 4 saturated heterocycles. The van der Waals surface area contributed by atoms with Crippen molar-refractivity contribution in [2.45, 2.75) is 139 Å². The summed E-state index contributed by atoms with van der Waals surface area (Å²) in [4.78, 5) is 35.0. The lowest BCUT2D eigenvalue weighted by Gasteiger charge is -2.53. The predicted octanol–water partition coefficient (Wildman–Crippen LogP) is 4.67. The number of fused-ring (bicyclic) bond motifs is 6. The van der Waals surface area contributed by atoms with Crippen molar-refractivity contribution in [1.82, 2.24) is 10.4 Å². The van der Waals surface area contributed by atoms with Gasteiger partial charge in [-0.25, -0.2) is 0 Å². The fraction of sp³-hybridized carbons (Fsp3) is 0.750. The molecule has 5 aliphatic carbocycles. The highest BCUT2D eigenvalue weighted by molar-refractivity contribution is 5.93. The van der Waals surface area contributed by atoms with Crippen molar-refractivity contribution in [3.63, 3.8) is 0 Å². The number of nitrogens with one attached hydrogen (secondary N) is 1. The first-order chi connectivity index (χ1) is 24.0. The lowest BCUT2D eigenvalue weighted by Crippen LogP contribution is -2.69. The number of nitrogens with zero attached hydrogens (tertiary/aromatic N) is 1. The Labute approximate surface area is 294 Å². The van der Waals surface area contributed by atoms with Crippen molar-refractivity contribution >= 4 is 18.0 Å². The quantitative estimate of drug-likeness (QED) is 0.297. The van der Waals surface area contributed by atoms with Gasteiger partial charge in [0.05, 0.1) is 24.9 Å². The van der Waals surface area contributed by atoms with Crippen LogP contribution in [0.3, 0.4) is 0 Å². The molecule has 2 N–H and O–H groups in total. The summed E-state index contributed by atoms with van der Waals surface area (Å²) in [7, 11) is 0. The van der Waals surface area contributed by atoms with Crippen LogP contribution in [0.4, 0.5) is 0 Å². The fourth-order valence-corrected chi connectivity index (χ4v) is 11.4. The molecule has 1 aromatic carbocycles. The number of hydrogen-bond acceptors (Lipinski definition) is 9. The monoisotopic (exact) mass is 688 g/mol. The topological polar surface area (TPSA) is 119 Å². The third-order valence-electron chi connectivity index (χ3n) is 14.3. The minimum Gasteiger partial charge on any atom is -0.458 e. The molecule has 10 nitrogen and oxygen atoms in total. The molecule has 9 fully saturated rings. The number of allylic oxidation sites excluding steroid dienone is 1. The van der Waals surface area contributed by atoms with Crippen molar-refractivity contribution < 1.29 is 38.5 Å². The first-order valence-electron chi connectivity index (χ1n) is 19.4. The molecule has 0 radical (unpaired) electrons. The van der Waals surface area contributed by atoms with E-state index in [4.69, 9.17) is 23.8 Å². The SMILES string of the molecule is CC1(C)CC2C(=Cc3cccc(CN4OC5C6OC(C7CC7)(C7CC7)OC6C6CC5(C(=O)NCCO)C4C(=O)O6)c3)CCC3OC3(C)CCC21. The van der Waals surface area contributed by atoms with Gasteiger partial charge in [0.2, 0.25) is 5.91 Å². The highest BCUT2D eigenvalue weighted by Gasteiger charge is 2.78. The summed E-state index contributed by atoms with van der Waals surface area (Å²) < 4.78 is 26.1. The maximum Gasteiger partial charge on any atom is 0.327 e. The molecule has 10 heteroatoms. The van der Waals surface area contributed by atoms with Gasteiger partial charge in [0.15, 0.2) is 11.8 Å². The summed E-state index contributed by atoms with van der Waals surface area (Å²) in [5.74, 6) is 0.465. The number of hydroxylamine groups is 2. The summed E-state index contributed by atoms with van der Waals surface area (Å²) in [6.07, 6.45) is 10.7. The summed E-state index contributed by atoms with van der Waals surface area (Å²) in [5.41, 5.74) is 2.84. The zero-order valence-corrected chi connectivity index (χ0v) is 29.6. The lowest BCUT2D eigenvalue weighted by atomic mass is 9.52. The van der Waals surface area contributed by atoms with E-state index in [2.05, 4.69) is 56.4 Å². The molecule has 1 aromatic rings. The third kappa shape index (κ3) is 4.81. The largest absolute Gasteiger partial charge is 0.458 e. The number of ether oxygens (including phenoxy) is 4. The Morgan fingerprint density at radius 2 is 1.80 bits per heavy atom. The van der Waals surface area contributed by atoms with Crippen LogP contribution in [0.5, 0.6) is 0 Å². The molecule has 10 atom stereocenters. The summed E-state index contributed by atoms with van der Waals surface area (Å²) in [6.45, 7) is 7.35. The zero-order valence-electron chi connectivity index (χ0n) is 29.6. The number of carbonyl (C=O) groups is 2. The molecule has 4 aliphatic heterocycles. The van der Waals surface area contributed by atoms with Gasteiger partial charge in [0.25, 0.3) is 0 Å². The van der Waals surface area contributed by atoms with E-state index in [0.29, 0.717) is 48.2 Å². The second kappa shape index (κ2) is 11.1. The molecule has 0 aromatic heterocycles. The van der Waals surface area contributed by atoms with Crippen LogP contribution in [0.15, 0.2) is 29.8 Å². The molecule has 9 aliphatic rings. The van der Waals surface area contributed by atoms with Crippen LogP contribution in [0.25, 0.3) is 6.08 Å². The number of esters is 1. The Morgan fingerprint density at radius 3 is 2.54 bits per heavy atom. The number of amides is 1. The fourth-order valence-electron chi connectivity index (χ4n) is 11.4. The molecule has 50 heavy (non-hydrogen) atoms. The molecule has 10 unspecified atom stereocenters. The molecule has 270 valence electrons. The van der Waals surface area contributed by atoms with Gasteiger partial charge in [-0.15, -0.1) is 0 Å². The van der Waals surface area contributed by atoms with Crippen molar-refractivity contribution in [3.05, 3.63) is 41.0 Å². The van der Waals surface area contributed by atoms with Crippen molar-refractivity contribution in [2.24, 2.45) is 34.5 Å². The van der Waals surface area contributed by atoms with Crippen molar-refractivity contribution in [3.8, 4) is 0 Å². The van der Waals surface area contributed by atoms with Gasteiger partial charge in [-0.2, -0.15) is 5.06 Å². The van der Waals surface area contributed by atoms with Crippen LogP contribution in [0.1, 0.15) is 96.1 Å². The van der Waals surface area contributed by atoms with E-state index >= 15 is 0 Å². The van der Waals surface area contributed by atoms with E-state index in [1.165, 1.54) is 18.4 Å². The average Bonchev–Trinajstić information content (AvgIpc) is 4.02. The highest BCUT2D eigenvalue weighted by atomic mass is 16.8. The van der Waals surface area contributed by atoms with Crippen LogP contribution in [0.2, 0.25) is 0 Å². The average molecular weight is 689 g/mol. The van der Waals surface area contributed by atoms with Gasteiger partial charge in [0, 0.05) is 24.8 Å². The maximum atomic E-state index is 14.2. The second-order valence-corrected chi connectivity index (χ2v) is 18.0. The third-order valence-corrected chi connectivity index (χ3v) is 14.3. The van der Waals surface area contributed by atoms with Gasteiger partial charge in [-0.05, 0) is 93.1 Å². The molecule has 10 rings (SSSR count). The molecular weight excluding hydrogens is 636 g/mol. The first kappa shape index (κ1) is 32.3. The molecular formula is C40H52N2O8. The standard InChI is InChI=1S/C40H52N2O8/c1-37(2)19-27-24(7-12-30-38(3,47-30)14-13-28(27)37)18-22-5-4-6-23(17-22)21-42-33-35(44)46-29-20-39(33,36(45)41-15-16-43)34(50-42)32-31(29)48-40(49-32,25-8-9-25)26-10-11-26/h4-6,17-18,25-34,43H,7-16,19-21H2,1-3H3,(H,41,45). The van der Waals surface area contributed by atoms with E-state index in [-0.39, 0.29) is 24.7 Å². The summed E-state index contributed by atoms with van der Waals surface area (Å²) in [6, 6.07) is 7.56. The minimum absolute atomic E-state index is 0.0537. The van der Waals surface area contributed by atoms with E-state index in [1.807, 2.05) is 0 Å². The lowest BCUT2D eigenvalue weighted by molar-refractivity contribution is -0.235. The summed E-state index contributed by atoms with van der Waals surface area (Å²) in [5, 5.41) is 14.2. The number of hydrogen-bond donors (Lipinski definition) is 2. The van der Waals surface area contributed by atoms with Gasteiger partial charge in [-0.3, -0.25) is 14.4 Å². The Kier molecular flexibility index (Phi) is 7.17. The number of carbonyl (C=O) groups excluding carboxylic acids is 2. The number of rotatable bonds is 8. The minimum atomic E-state index is -1.22. The smallest absolute Gasteiger partial charge is 0.327 e. The van der Waals surface area contributed by atoms with Crippen LogP contribution in [-0.4, -0.2) is 83.1 Å². The number of aliphatic hydroxyl groups is 1. The molecule has 4 heterocycles. The van der Waals surface area contributed by atoms with Gasteiger partial charge >= 0.3 is 5.97 Å². The van der Waals surface area contributed by atoms with Crippen molar-refractivity contribution in [1.29, 1.82) is 0 Å². The zero-order chi connectivity index (χ0) is 34.2. The molecule has 1 amide bonds. The van der Waals surface area contributed by atoms with Crippen LogP contribution >= 0.6 is 0 Å². The Bertz CT molecular complexity index is 1610.